The van der Waals surface area contributed by atoms with Gasteiger partial charge in [-0.15, -0.1) is 0 Å². The molecule has 0 radical (unpaired) electrons. The van der Waals surface area contributed by atoms with E-state index in [-0.39, 0.29) is 11.1 Å². The summed E-state index contributed by atoms with van der Waals surface area (Å²) in [5.41, 5.74) is 0.907. The number of hydrogen-bond donors (Lipinski definition) is 2. The predicted octanol–water partition coefficient (Wildman–Crippen LogP) is 2.75. The quantitative estimate of drug-likeness (QED) is 0.858. The SMILES string of the molecule is CCNc1nc(Cl)nc(NCCc2cccc(F)c2)n1. The highest BCUT2D eigenvalue weighted by Gasteiger charge is 2.04. The molecule has 0 aliphatic rings. The van der Waals surface area contributed by atoms with E-state index in [1.807, 2.05) is 13.0 Å². The molecule has 2 aromatic rings. The van der Waals surface area contributed by atoms with Crippen LogP contribution in [0.2, 0.25) is 5.28 Å². The largest absolute Gasteiger partial charge is 0.354 e. The second-order valence-corrected chi connectivity index (χ2v) is 4.43. The fourth-order valence-electron chi connectivity index (χ4n) is 1.68. The molecular weight excluding hydrogens is 281 g/mol. The van der Waals surface area contributed by atoms with Gasteiger partial charge < -0.3 is 10.6 Å². The van der Waals surface area contributed by atoms with Crippen LogP contribution in [0.5, 0.6) is 0 Å². The Balaban J connectivity index is 1.93. The van der Waals surface area contributed by atoms with Gasteiger partial charge in [0, 0.05) is 13.1 Å². The molecule has 20 heavy (non-hydrogen) atoms. The Kier molecular flexibility index (Phi) is 5.06. The van der Waals surface area contributed by atoms with E-state index in [0.717, 1.165) is 5.56 Å². The normalized spacial score (nSPS) is 10.3. The van der Waals surface area contributed by atoms with Crippen LogP contribution in [0.1, 0.15) is 12.5 Å². The fourth-order valence-corrected chi connectivity index (χ4v) is 1.84. The molecule has 0 aliphatic carbocycles. The van der Waals surface area contributed by atoms with E-state index in [1.54, 1.807) is 6.07 Å². The molecule has 0 saturated heterocycles. The molecule has 1 aromatic carbocycles. The zero-order valence-corrected chi connectivity index (χ0v) is 11.8. The molecule has 1 heterocycles. The second kappa shape index (κ2) is 7.00. The summed E-state index contributed by atoms with van der Waals surface area (Å²) in [5, 5.41) is 6.14. The zero-order valence-electron chi connectivity index (χ0n) is 11.0. The van der Waals surface area contributed by atoms with Crippen LogP contribution in [0.4, 0.5) is 16.3 Å². The summed E-state index contributed by atoms with van der Waals surface area (Å²) in [6.45, 7) is 3.22. The lowest BCUT2D eigenvalue weighted by Gasteiger charge is -2.07. The first-order valence-electron chi connectivity index (χ1n) is 6.31. The Morgan fingerprint density at radius 3 is 2.60 bits per heavy atom. The van der Waals surface area contributed by atoms with Gasteiger partial charge in [-0.3, -0.25) is 0 Å². The molecule has 0 spiro atoms. The van der Waals surface area contributed by atoms with E-state index >= 15 is 0 Å². The zero-order chi connectivity index (χ0) is 14.4. The van der Waals surface area contributed by atoms with Crippen molar-refractivity contribution in [3.63, 3.8) is 0 Å². The second-order valence-electron chi connectivity index (χ2n) is 4.09. The van der Waals surface area contributed by atoms with Crippen molar-refractivity contribution in [3.05, 3.63) is 40.9 Å². The van der Waals surface area contributed by atoms with Gasteiger partial charge in [0.2, 0.25) is 17.2 Å². The third-order valence-electron chi connectivity index (χ3n) is 2.53. The maximum absolute atomic E-state index is 13.0. The van der Waals surface area contributed by atoms with Gasteiger partial charge in [-0.05, 0) is 42.6 Å². The van der Waals surface area contributed by atoms with Gasteiger partial charge in [-0.1, -0.05) is 12.1 Å². The summed E-state index contributed by atoms with van der Waals surface area (Å²) < 4.78 is 13.0. The topological polar surface area (TPSA) is 62.7 Å². The van der Waals surface area contributed by atoms with Crippen molar-refractivity contribution in [3.8, 4) is 0 Å². The summed E-state index contributed by atoms with van der Waals surface area (Å²) in [6.07, 6.45) is 0.664. The van der Waals surface area contributed by atoms with Gasteiger partial charge >= 0.3 is 0 Å². The minimum Gasteiger partial charge on any atom is -0.354 e. The van der Waals surface area contributed by atoms with Gasteiger partial charge in [0.25, 0.3) is 0 Å². The van der Waals surface area contributed by atoms with Crippen LogP contribution in [0.3, 0.4) is 0 Å². The standard InChI is InChI=1S/C13H15ClFN5/c1-2-16-12-18-11(14)19-13(20-12)17-7-6-9-4-3-5-10(15)8-9/h3-5,8H,2,6-7H2,1H3,(H2,16,17,18,19,20). The van der Waals surface area contributed by atoms with Crippen LogP contribution in [0.15, 0.2) is 24.3 Å². The maximum atomic E-state index is 13.0. The maximum Gasteiger partial charge on any atom is 0.228 e. The number of anilines is 2. The molecule has 0 atom stereocenters. The van der Waals surface area contributed by atoms with Gasteiger partial charge in [-0.2, -0.15) is 15.0 Å². The fraction of sp³-hybridized carbons (Fsp3) is 0.308. The predicted molar refractivity (Wildman–Crippen MR) is 77.6 cm³/mol. The molecule has 0 amide bonds. The lowest BCUT2D eigenvalue weighted by molar-refractivity contribution is 0.625. The first kappa shape index (κ1) is 14.5. The van der Waals surface area contributed by atoms with E-state index in [1.165, 1.54) is 12.1 Å². The van der Waals surface area contributed by atoms with Crippen molar-refractivity contribution >= 4 is 23.5 Å². The molecule has 0 aliphatic heterocycles. The number of benzene rings is 1. The third-order valence-corrected chi connectivity index (χ3v) is 2.70. The van der Waals surface area contributed by atoms with Crippen molar-refractivity contribution in [2.24, 2.45) is 0 Å². The van der Waals surface area contributed by atoms with Crippen molar-refractivity contribution in [2.45, 2.75) is 13.3 Å². The Hall–Kier alpha value is -1.95. The Morgan fingerprint density at radius 1 is 1.15 bits per heavy atom. The van der Waals surface area contributed by atoms with Gasteiger partial charge in [0.15, 0.2) is 0 Å². The number of aromatic nitrogens is 3. The van der Waals surface area contributed by atoms with Crippen molar-refractivity contribution in [1.82, 2.24) is 15.0 Å². The average molecular weight is 296 g/mol. The van der Waals surface area contributed by atoms with Crippen LogP contribution >= 0.6 is 11.6 Å². The third kappa shape index (κ3) is 4.31. The van der Waals surface area contributed by atoms with E-state index in [2.05, 4.69) is 25.6 Å². The van der Waals surface area contributed by atoms with Crippen molar-refractivity contribution in [1.29, 1.82) is 0 Å². The number of nitrogens with one attached hydrogen (secondary N) is 2. The molecular formula is C13H15ClFN5. The molecule has 0 fully saturated rings. The summed E-state index contributed by atoms with van der Waals surface area (Å²) >= 11 is 5.81. The van der Waals surface area contributed by atoms with Crippen molar-refractivity contribution < 1.29 is 4.39 Å². The first-order chi connectivity index (χ1) is 9.67. The molecule has 0 unspecified atom stereocenters. The molecule has 2 N–H and O–H groups in total. The van der Waals surface area contributed by atoms with Crippen LogP contribution in [-0.2, 0) is 6.42 Å². The Morgan fingerprint density at radius 2 is 1.90 bits per heavy atom. The molecule has 106 valence electrons. The highest BCUT2D eigenvalue weighted by Crippen LogP contribution is 2.10. The summed E-state index contributed by atoms with van der Waals surface area (Å²) in [4.78, 5) is 12.1. The Bertz CT molecular complexity index is 578. The van der Waals surface area contributed by atoms with Crippen LogP contribution < -0.4 is 10.6 Å². The van der Waals surface area contributed by atoms with Gasteiger partial charge in [0.1, 0.15) is 5.82 Å². The lowest BCUT2D eigenvalue weighted by atomic mass is 10.1. The van der Waals surface area contributed by atoms with Crippen LogP contribution in [-0.4, -0.2) is 28.0 Å². The molecule has 0 saturated carbocycles. The molecule has 5 nitrogen and oxygen atoms in total. The van der Waals surface area contributed by atoms with Gasteiger partial charge in [-0.25, -0.2) is 4.39 Å². The molecule has 2 rings (SSSR count). The smallest absolute Gasteiger partial charge is 0.228 e. The van der Waals surface area contributed by atoms with Gasteiger partial charge in [0.05, 0.1) is 0 Å². The van der Waals surface area contributed by atoms with Crippen LogP contribution in [0, 0.1) is 5.82 Å². The van der Waals surface area contributed by atoms with E-state index in [0.29, 0.717) is 31.4 Å². The summed E-state index contributed by atoms with van der Waals surface area (Å²) in [6, 6.07) is 6.49. The summed E-state index contributed by atoms with van der Waals surface area (Å²) in [7, 11) is 0. The van der Waals surface area contributed by atoms with Crippen molar-refractivity contribution in [2.75, 3.05) is 23.7 Å². The Labute approximate surface area is 121 Å². The molecule has 0 bridgehead atoms. The number of nitrogens with zero attached hydrogens (tertiary/aromatic N) is 3. The summed E-state index contributed by atoms with van der Waals surface area (Å²) in [5.74, 6) is 0.596. The molecule has 1 aromatic heterocycles. The van der Waals surface area contributed by atoms with Crippen LogP contribution in [0.25, 0.3) is 0 Å². The highest BCUT2D eigenvalue weighted by molar-refractivity contribution is 6.28. The first-order valence-corrected chi connectivity index (χ1v) is 6.69. The monoisotopic (exact) mass is 295 g/mol. The average Bonchev–Trinajstić information content (AvgIpc) is 2.38. The highest BCUT2D eigenvalue weighted by atomic mass is 35.5. The number of halogens is 2. The molecule has 7 heteroatoms. The van der Waals surface area contributed by atoms with E-state index in [9.17, 15) is 4.39 Å². The minimum absolute atomic E-state index is 0.129. The number of hydrogen-bond acceptors (Lipinski definition) is 5. The number of rotatable bonds is 6. The van der Waals surface area contributed by atoms with E-state index < -0.39 is 0 Å². The minimum atomic E-state index is -0.236. The van der Waals surface area contributed by atoms with E-state index in [4.69, 9.17) is 11.6 Å². The lowest BCUT2D eigenvalue weighted by Crippen LogP contribution is -2.11.